The molecule has 2 fully saturated rings. The van der Waals surface area contributed by atoms with Crippen molar-refractivity contribution in [3.63, 3.8) is 0 Å². The second-order valence-electron chi connectivity index (χ2n) is 10.6. The Hall–Kier alpha value is -3.09. The molecule has 7 heteroatoms. The first kappa shape index (κ1) is 22.4. The number of hydrogen-bond donors (Lipinski definition) is 0. The Bertz CT molecular complexity index is 1280. The Labute approximate surface area is 207 Å². The fourth-order valence-corrected chi connectivity index (χ4v) is 6.20. The van der Waals surface area contributed by atoms with Crippen molar-refractivity contribution in [2.75, 3.05) is 31.6 Å². The molecule has 3 aliphatic rings. The molecule has 2 unspecified atom stereocenters. The number of ether oxygens (including phenoxy) is 1. The van der Waals surface area contributed by atoms with Gasteiger partial charge in [-0.15, -0.1) is 0 Å². The highest BCUT2D eigenvalue weighted by molar-refractivity contribution is 5.97. The van der Waals surface area contributed by atoms with E-state index in [0.29, 0.717) is 17.2 Å². The lowest BCUT2D eigenvalue weighted by Crippen LogP contribution is -2.39. The predicted octanol–water partition coefficient (Wildman–Crippen LogP) is 4.75. The number of carbonyl (C=O) groups excluding carboxylic acids is 1. The topological polar surface area (TPSA) is 63.0 Å². The third-order valence-electron chi connectivity index (χ3n) is 8.10. The van der Waals surface area contributed by atoms with Gasteiger partial charge in [0, 0.05) is 37.5 Å². The molecule has 1 amide bonds. The monoisotopic (exact) mass is 473 g/mol. The van der Waals surface area contributed by atoms with Crippen molar-refractivity contribution in [2.45, 2.75) is 64.8 Å². The average molecular weight is 474 g/mol. The molecule has 0 bridgehead atoms. The minimum Gasteiger partial charge on any atom is -0.496 e. The molecule has 2 atom stereocenters. The number of likely N-dealkylation sites (tertiary alicyclic amines) is 1. The Morgan fingerprint density at radius 2 is 1.89 bits per heavy atom. The summed E-state index contributed by atoms with van der Waals surface area (Å²) in [5, 5.41) is 4.92. The third-order valence-corrected chi connectivity index (χ3v) is 8.10. The smallest absolute Gasteiger partial charge is 0.258 e. The first-order valence-corrected chi connectivity index (χ1v) is 13.1. The quantitative estimate of drug-likeness (QED) is 0.547. The summed E-state index contributed by atoms with van der Waals surface area (Å²) in [7, 11) is 1.66. The molecule has 0 saturated carbocycles. The van der Waals surface area contributed by atoms with E-state index in [0.717, 1.165) is 80.9 Å². The molecule has 2 saturated heterocycles. The number of methoxy groups -OCH3 is 1. The van der Waals surface area contributed by atoms with Gasteiger partial charge in [-0.1, -0.05) is 6.92 Å². The third kappa shape index (κ3) is 3.95. The first-order valence-electron chi connectivity index (χ1n) is 13.1. The maximum Gasteiger partial charge on any atom is 0.258 e. The minimum atomic E-state index is -0.0496. The molecule has 184 valence electrons. The number of aromatic nitrogens is 3. The molecular formula is C28H35N5O2. The zero-order chi connectivity index (χ0) is 24.1. The van der Waals surface area contributed by atoms with Gasteiger partial charge in [0.1, 0.15) is 11.6 Å². The lowest BCUT2D eigenvalue weighted by Gasteiger charge is -2.35. The summed E-state index contributed by atoms with van der Waals surface area (Å²) in [5.74, 6) is 2.50. The first-order chi connectivity index (χ1) is 17.0. The molecule has 7 nitrogen and oxygen atoms in total. The summed E-state index contributed by atoms with van der Waals surface area (Å²) in [5.41, 5.74) is 6.21. The lowest BCUT2D eigenvalue weighted by atomic mass is 9.97. The van der Waals surface area contributed by atoms with Crippen molar-refractivity contribution >= 4 is 17.4 Å². The maximum atomic E-state index is 13.9. The van der Waals surface area contributed by atoms with Gasteiger partial charge < -0.3 is 14.5 Å². The van der Waals surface area contributed by atoms with E-state index in [2.05, 4.69) is 43.1 Å². The Balaban J connectivity index is 1.33. The van der Waals surface area contributed by atoms with Crippen LogP contribution in [0.5, 0.6) is 5.75 Å². The number of amides is 1. The van der Waals surface area contributed by atoms with E-state index in [1.165, 1.54) is 17.5 Å². The standard InChI is InChI=1S/C28H35N5O2/c1-18-10-12-31(16-18)27-19(2)17-33-26(29-27)15-23(30-33)24-9-4-5-11-32(24)28(34)22-13-20-7-6-8-21(20)14-25(22)35-3/h13-15,17-18,24H,4-12,16H2,1-3H3. The Morgan fingerprint density at radius 1 is 1.06 bits per heavy atom. The molecule has 3 aromatic rings. The van der Waals surface area contributed by atoms with Crippen molar-refractivity contribution < 1.29 is 9.53 Å². The summed E-state index contributed by atoms with van der Waals surface area (Å²) >= 11 is 0. The number of nitrogens with zero attached hydrogens (tertiary/aromatic N) is 5. The largest absolute Gasteiger partial charge is 0.496 e. The predicted molar refractivity (Wildman–Crippen MR) is 136 cm³/mol. The van der Waals surface area contributed by atoms with Crippen molar-refractivity contribution in [2.24, 2.45) is 5.92 Å². The van der Waals surface area contributed by atoms with E-state index in [1.807, 2.05) is 9.42 Å². The number of fused-ring (bicyclic) bond motifs is 2. The van der Waals surface area contributed by atoms with Crippen LogP contribution in [-0.2, 0) is 12.8 Å². The van der Waals surface area contributed by atoms with E-state index in [9.17, 15) is 4.79 Å². The van der Waals surface area contributed by atoms with Gasteiger partial charge in [-0.2, -0.15) is 5.10 Å². The van der Waals surface area contributed by atoms with Crippen LogP contribution in [0.15, 0.2) is 24.4 Å². The van der Waals surface area contributed by atoms with Crippen molar-refractivity contribution in [3.05, 3.63) is 52.3 Å². The fraction of sp³-hybridized carbons (Fsp3) is 0.536. The van der Waals surface area contributed by atoms with Crippen LogP contribution in [0.4, 0.5) is 5.82 Å². The van der Waals surface area contributed by atoms with E-state index < -0.39 is 0 Å². The zero-order valence-electron chi connectivity index (χ0n) is 21.1. The van der Waals surface area contributed by atoms with E-state index >= 15 is 0 Å². The summed E-state index contributed by atoms with van der Waals surface area (Å²) in [6.45, 7) is 7.26. The summed E-state index contributed by atoms with van der Waals surface area (Å²) in [6.07, 6.45) is 9.57. The summed E-state index contributed by atoms with van der Waals surface area (Å²) < 4.78 is 7.56. The SMILES string of the molecule is COc1cc2c(cc1C(=O)N1CCCCC1c1cc3nc(N4CCC(C)C4)c(C)cn3n1)CCC2. The van der Waals surface area contributed by atoms with Crippen LogP contribution in [-0.4, -0.2) is 52.1 Å². The lowest BCUT2D eigenvalue weighted by molar-refractivity contribution is 0.0602. The van der Waals surface area contributed by atoms with Gasteiger partial charge in [0.05, 0.1) is 24.4 Å². The van der Waals surface area contributed by atoms with Crippen LogP contribution in [0, 0.1) is 12.8 Å². The van der Waals surface area contributed by atoms with Crippen LogP contribution in [0.25, 0.3) is 5.65 Å². The van der Waals surface area contributed by atoms with E-state index in [1.54, 1.807) is 7.11 Å². The van der Waals surface area contributed by atoms with Gasteiger partial charge in [0.2, 0.25) is 0 Å². The number of carbonyl (C=O) groups is 1. The summed E-state index contributed by atoms with van der Waals surface area (Å²) in [6, 6.07) is 6.19. The molecule has 1 aromatic carbocycles. The number of piperidine rings is 1. The van der Waals surface area contributed by atoms with Gasteiger partial charge in [-0.05, 0) is 81.0 Å². The van der Waals surface area contributed by atoms with Crippen molar-refractivity contribution in [3.8, 4) is 5.75 Å². The molecule has 35 heavy (non-hydrogen) atoms. The second kappa shape index (κ2) is 8.85. The van der Waals surface area contributed by atoms with Crippen LogP contribution in [0.2, 0.25) is 0 Å². The van der Waals surface area contributed by atoms with Gasteiger partial charge in [0.15, 0.2) is 5.65 Å². The van der Waals surface area contributed by atoms with Gasteiger partial charge >= 0.3 is 0 Å². The molecule has 4 heterocycles. The van der Waals surface area contributed by atoms with Gasteiger partial charge in [-0.25, -0.2) is 9.50 Å². The highest BCUT2D eigenvalue weighted by Gasteiger charge is 2.33. The Kier molecular flexibility index (Phi) is 5.66. The zero-order valence-corrected chi connectivity index (χ0v) is 21.1. The molecule has 6 rings (SSSR count). The van der Waals surface area contributed by atoms with Crippen LogP contribution >= 0.6 is 0 Å². The molecule has 2 aromatic heterocycles. The number of benzene rings is 1. The number of anilines is 1. The molecule has 1 aliphatic carbocycles. The molecule has 2 aliphatic heterocycles. The Morgan fingerprint density at radius 3 is 2.66 bits per heavy atom. The molecule has 0 spiro atoms. The van der Waals surface area contributed by atoms with Crippen molar-refractivity contribution in [1.29, 1.82) is 0 Å². The minimum absolute atomic E-state index is 0.0496. The second-order valence-corrected chi connectivity index (χ2v) is 10.6. The number of rotatable bonds is 4. The average Bonchev–Trinajstić information content (AvgIpc) is 3.61. The maximum absolute atomic E-state index is 13.9. The number of aryl methyl sites for hydroxylation is 3. The molecular weight excluding hydrogens is 438 g/mol. The van der Waals surface area contributed by atoms with Crippen LogP contribution in [0.3, 0.4) is 0 Å². The van der Waals surface area contributed by atoms with E-state index in [-0.39, 0.29) is 11.9 Å². The van der Waals surface area contributed by atoms with Gasteiger partial charge in [0.25, 0.3) is 5.91 Å². The fourth-order valence-electron chi connectivity index (χ4n) is 6.20. The van der Waals surface area contributed by atoms with Gasteiger partial charge in [-0.3, -0.25) is 4.79 Å². The molecule has 0 N–H and O–H groups in total. The normalized spacial score (nSPS) is 22.1. The van der Waals surface area contributed by atoms with Crippen molar-refractivity contribution in [1.82, 2.24) is 19.5 Å². The van der Waals surface area contributed by atoms with E-state index in [4.69, 9.17) is 14.8 Å². The number of hydrogen-bond acceptors (Lipinski definition) is 5. The van der Waals surface area contributed by atoms with Crippen LogP contribution in [0.1, 0.15) is 77.8 Å². The highest BCUT2D eigenvalue weighted by atomic mass is 16.5. The highest BCUT2D eigenvalue weighted by Crippen LogP contribution is 2.36. The molecule has 0 radical (unpaired) electrons. The van der Waals surface area contributed by atoms with Crippen LogP contribution < -0.4 is 9.64 Å². The summed E-state index contributed by atoms with van der Waals surface area (Å²) in [4.78, 5) is 23.3.